The summed E-state index contributed by atoms with van der Waals surface area (Å²) in [5.74, 6) is 0.252. The molecule has 1 N–H and O–H groups in total. The van der Waals surface area contributed by atoms with E-state index in [9.17, 15) is 9.18 Å². The number of thiazole rings is 1. The van der Waals surface area contributed by atoms with Gasteiger partial charge in [0, 0.05) is 11.6 Å². The predicted octanol–water partition coefficient (Wildman–Crippen LogP) is 3.35. The van der Waals surface area contributed by atoms with Gasteiger partial charge in [0.25, 0.3) is 5.91 Å². The maximum absolute atomic E-state index is 13.2. The molecular formula is C21H15FN6O2S. The maximum Gasteiger partial charge on any atom is 0.280 e. The minimum absolute atomic E-state index is 0.225. The van der Waals surface area contributed by atoms with Gasteiger partial charge in [-0.05, 0) is 42.5 Å². The number of hydrogen-bond acceptors (Lipinski definition) is 7. The number of aromatic nitrogens is 5. The number of fused-ring (bicyclic) bond motifs is 2. The lowest BCUT2D eigenvalue weighted by Gasteiger charge is -2.07. The molecule has 0 aliphatic carbocycles. The number of carbonyl (C=O) groups is 1. The van der Waals surface area contributed by atoms with Crippen molar-refractivity contribution in [3.63, 3.8) is 0 Å². The molecule has 0 atom stereocenters. The molecule has 10 heteroatoms. The fraction of sp³-hybridized carbons (Fsp3) is 0.0952. The first-order chi connectivity index (χ1) is 15.2. The second kappa shape index (κ2) is 8.07. The Balaban J connectivity index is 1.23. The number of ether oxygens (including phenoxy) is 1. The molecule has 5 aromatic rings. The van der Waals surface area contributed by atoms with Crippen molar-refractivity contribution >= 4 is 33.1 Å². The van der Waals surface area contributed by atoms with Gasteiger partial charge in [-0.2, -0.15) is 4.52 Å². The van der Waals surface area contributed by atoms with Crippen LogP contribution in [-0.2, 0) is 0 Å². The first-order valence-electron chi connectivity index (χ1n) is 9.42. The van der Waals surface area contributed by atoms with Crippen LogP contribution in [0.2, 0.25) is 0 Å². The van der Waals surface area contributed by atoms with Gasteiger partial charge in [0.05, 0.1) is 16.8 Å². The fourth-order valence-electron chi connectivity index (χ4n) is 2.99. The number of carbonyl (C=O) groups excluding carboxylic acids is 1. The van der Waals surface area contributed by atoms with E-state index in [2.05, 4.69) is 25.6 Å². The highest BCUT2D eigenvalue weighted by molar-refractivity contribution is 7.20. The molecule has 154 valence electrons. The van der Waals surface area contributed by atoms with Crippen LogP contribution < -0.4 is 10.1 Å². The van der Waals surface area contributed by atoms with Crippen LogP contribution in [0.25, 0.3) is 27.3 Å². The van der Waals surface area contributed by atoms with E-state index in [0.29, 0.717) is 34.5 Å². The summed E-state index contributed by atoms with van der Waals surface area (Å²) < 4.78 is 21.3. The molecule has 31 heavy (non-hydrogen) atoms. The number of benzene rings is 2. The zero-order chi connectivity index (χ0) is 21.2. The first kappa shape index (κ1) is 19.1. The molecule has 3 aromatic heterocycles. The minimum Gasteiger partial charge on any atom is -0.475 e. The van der Waals surface area contributed by atoms with Crippen LogP contribution in [0.15, 0.2) is 60.7 Å². The van der Waals surface area contributed by atoms with E-state index in [-0.39, 0.29) is 18.3 Å². The number of halogens is 1. The Morgan fingerprint density at radius 1 is 1.06 bits per heavy atom. The van der Waals surface area contributed by atoms with Crippen LogP contribution in [0, 0.1) is 5.82 Å². The SMILES string of the molecule is O=C(NCCOc1ccc2nnc(-c3ccc(F)cc3)n2n1)c1nc2ccccc2s1. The molecule has 2 aromatic carbocycles. The summed E-state index contributed by atoms with van der Waals surface area (Å²) in [5.41, 5.74) is 2.02. The summed E-state index contributed by atoms with van der Waals surface area (Å²) in [5, 5.41) is 15.8. The molecule has 0 aliphatic rings. The number of rotatable bonds is 6. The predicted molar refractivity (Wildman–Crippen MR) is 114 cm³/mol. The average molecular weight is 434 g/mol. The summed E-state index contributed by atoms with van der Waals surface area (Å²) in [6.07, 6.45) is 0. The van der Waals surface area contributed by atoms with E-state index in [1.165, 1.54) is 28.0 Å². The van der Waals surface area contributed by atoms with Crippen LogP contribution >= 0.6 is 11.3 Å². The van der Waals surface area contributed by atoms with Crippen molar-refractivity contribution in [2.24, 2.45) is 0 Å². The number of nitrogens with zero attached hydrogens (tertiary/aromatic N) is 5. The van der Waals surface area contributed by atoms with Crippen molar-refractivity contribution in [2.75, 3.05) is 13.2 Å². The average Bonchev–Trinajstić information content (AvgIpc) is 3.41. The van der Waals surface area contributed by atoms with Gasteiger partial charge in [-0.1, -0.05) is 12.1 Å². The summed E-state index contributed by atoms with van der Waals surface area (Å²) in [6, 6.07) is 16.9. The second-order valence-corrected chi connectivity index (χ2v) is 7.59. The first-order valence-corrected chi connectivity index (χ1v) is 10.2. The lowest BCUT2D eigenvalue weighted by Crippen LogP contribution is -2.28. The number of nitrogens with one attached hydrogen (secondary N) is 1. The van der Waals surface area contributed by atoms with Crippen molar-refractivity contribution in [1.82, 2.24) is 30.1 Å². The topological polar surface area (TPSA) is 94.3 Å². The number of hydrogen-bond donors (Lipinski definition) is 1. The van der Waals surface area contributed by atoms with Crippen molar-refractivity contribution in [3.05, 3.63) is 71.5 Å². The molecule has 3 heterocycles. The summed E-state index contributed by atoms with van der Waals surface area (Å²) >= 11 is 1.35. The lowest BCUT2D eigenvalue weighted by molar-refractivity contribution is 0.0946. The van der Waals surface area contributed by atoms with Crippen molar-refractivity contribution < 1.29 is 13.9 Å². The van der Waals surface area contributed by atoms with Gasteiger partial charge >= 0.3 is 0 Å². The van der Waals surface area contributed by atoms with Crippen LogP contribution in [0.3, 0.4) is 0 Å². The van der Waals surface area contributed by atoms with E-state index < -0.39 is 0 Å². The van der Waals surface area contributed by atoms with Gasteiger partial charge in [0.1, 0.15) is 12.4 Å². The number of para-hydroxylation sites is 1. The molecule has 0 bridgehead atoms. The molecule has 0 saturated heterocycles. The molecular weight excluding hydrogens is 419 g/mol. The summed E-state index contributed by atoms with van der Waals surface area (Å²) in [4.78, 5) is 16.6. The van der Waals surface area contributed by atoms with Crippen molar-refractivity contribution in [2.45, 2.75) is 0 Å². The van der Waals surface area contributed by atoms with Crippen LogP contribution in [0.4, 0.5) is 4.39 Å². The smallest absolute Gasteiger partial charge is 0.280 e. The van der Waals surface area contributed by atoms with Gasteiger partial charge in [0.15, 0.2) is 16.5 Å². The third-order valence-corrected chi connectivity index (χ3v) is 5.50. The highest BCUT2D eigenvalue weighted by Gasteiger charge is 2.13. The van der Waals surface area contributed by atoms with Crippen LogP contribution in [-0.4, -0.2) is 43.9 Å². The molecule has 0 fully saturated rings. The molecule has 5 rings (SSSR count). The zero-order valence-electron chi connectivity index (χ0n) is 16.0. The second-order valence-electron chi connectivity index (χ2n) is 6.56. The van der Waals surface area contributed by atoms with Gasteiger partial charge < -0.3 is 10.1 Å². The van der Waals surface area contributed by atoms with E-state index in [4.69, 9.17) is 4.74 Å². The maximum atomic E-state index is 13.2. The lowest BCUT2D eigenvalue weighted by atomic mass is 10.2. The van der Waals surface area contributed by atoms with Crippen LogP contribution in [0.1, 0.15) is 9.80 Å². The Morgan fingerprint density at radius 2 is 1.90 bits per heavy atom. The van der Waals surface area contributed by atoms with E-state index >= 15 is 0 Å². The Bertz CT molecular complexity index is 1350. The zero-order valence-corrected chi connectivity index (χ0v) is 16.8. The van der Waals surface area contributed by atoms with E-state index in [1.54, 1.807) is 24.3 Å². The molecule has 0 unspecified atom stereocenters. The highest BCUT2D eigenvalue weighted by Crippen LogP contribution is 2.21. The van der Waals surface area contributed by atoms with E-state index in [0.717, 1.165) is 10.2 Å². The molecule has 0 saturated carbocycles. The summed E-state index contributed by atoms with van der Waals surface area (Å²) in [7, 11) is 0. The molecule has 8 nitrogen and oxygen atoms in total. The minimum atomic E-state index is -0.331. The quantitative estimate of drug-likeness (QED) is 0.412. The van der Waals surface area contributed by atoms with Crippen molar-refractivity contribution in [3.8, 4) is 17.3 Å². The Kier molecular flexibility index (Phi) is 4.97. The third kappa shape index (κ3) is 3.92. The monoisotopic (exact) mass is 434 g/mol. The third-order valence-electron chi connectivity index (χ3n) is 4.47. The van der Waals surface area contributed by atoms with Gasteiger partial charge in [-0.15, -0.1) is 26.6 Å². The largest absolute Gasteiger partial charge is 0.475 e. The molecule has 0 radical (unpaired) electrons. The van der Waals surface area contributed by atoms with Gasteiger partial charge in [-0.3, -0.25) is 4.79 Å². The van der Waals surface area contributed by atoms with Crippen molar-refractivity contribution in [1.29, 1.82) is 0 Å². The van der Waals surface area contributed by atoms with E-state index in [1.807, 2.05) is 24.3 Å². The standard InChI is InChI=1S/C21H15FN6O2S/c22-14-7-5-13(6-8-14)19-26-25-17-9-10-18(27-28(17)19)30-12-11-23-20(29)21-24-15-3-1-2-4-16(15)31-21/h1-10H,11-12H2,(H,23,29). The Morgan fingerprint density at radius 3 is 2.74 bits per heavy atom. The summed E-state index contributed by atoms with van der Waals surface area (Å²) in [6.45, 7) is 0.518. The fourth-order valence-corrected chi connectivity index (χ4v) is 3.88. The molecule has 0 aliphatic heterocycles. The Hall–Kier alpha value is -3.92. The highest BCUT2D eigenvalue weighted by atomic mass is 32.1. The van der Waals surface area contributed by atoms with Gasteiger partial charge in [-0.25, -0.2) is 9.37 Å². The van der Waals surface area contributed by atoms with Gasteiger partial charge in [0.2, 0.25) is 5.88 Å². The van der Waals surface area contributed by atoms with Crippen LogP contribution in [0.5, 0.6) is 5.88 Å². The molecule has 1 amide bonds. The Labute approximate surface area is 179 Å². The molecule has 0 spiro atoms. The number of amides is 1. The normalized spacial score (nSPS) is 11.1.